The van der Waals surface area contributed by atoms with Crippen molar-refractivity contribution < 1.29 is 0 Å². The molecular weight excluding hydrogens is 733 g/mol. The van der Waals surface area contributed by atoms with Crippen molar-refractivity contribution in [1.29, 1.82) is 0 Å². The Kier molecular flexibility index (Phi) is 8.32. The highest BCUT2D eigenvalue weighted by molar-refractivity contribution is 6.21. The monoisotopic (exact) mass is 774 g/mol. The molecule has 0 aliphatic heterocycles. The van der Waals surface area contributed by atoms with E-state index < -0.39 is 0 Å². The van der Waals surface area contributed by atoms with Crippen LogP contribution in [0.3, 0.4) is 0 Å². The van der Waals surface area contributed by atoms with Gasteiger partial charge in [0.25, 0.3) is 0 Å². The Morgan fingerprint density at radius 3 is 1.43 bits per heavy atom. The van der Waals surface area contributed by atoms with Crippen LogP contribution in [0.5, 0.6) is 0 Å². The van der Waals surface area contributed by atoms with Crippen LogP contribution in [0, 0.1) is 0 Å². The van der Waals surface area contributed by atoms with Crippen molar-refractivity contribution >= 4 is 33.2 Å². The molecule has 1 spiro atoms. The van der Waals surface area contributed by atoms with E-state index in [0.717, 1.165) is 12.8 Å². The molecule has 0 saturated heterocycles. The van der Waals surface area contributed by atoms with Gasteiger partial charge in [-0.3, -0.25) is 0 Å². The van der Waals surface area contributed by atoms with Gasteiger partial charge >= 0.3 is 0 Å². The molecule has 10 aromatic carbocycles. The molecular formula is C61H42. The quantitative estimate of drug-likeness (QED) is 0.117. The van der Waals surface area contributed by atoms with Crippen molar-refractivity contribution in [2.24, 2.45) is 0 Å². The maximum atomic E-state index is 2.50. The Labute approximate surface area is 357 Å². The Bertz CT molecular complexity index is 3220. The van der Waals surface area contributed by atoms with E-state index in [1.807, 2.05) is 0 Å². The number of fused-ring (bicyclic) bond motifs is 9. The van der Waals surface area contributed by atoms with Crippen molar-refractivity contribution in [3.05, 3.63) is 263 Å². The molecule has 0 fully saturated rings. The summed E-state index contributed by atoms with van der Waals surface area (Å²) in [4.78, 5) is 0. The number of hydrogen-bond donors (Lipinski definition) is 0. The Morgan fingerprint density at radius 2 is 0.820 bits per heavy atom. The van der Waals surface area contributed by atoms with E-state index in [1.54, 1.807) is 0 Å². The van der Waals surface area contributed by atoms with Gasteiger partial charge in [0, 0.05) is 5.41 Å². The number of aryl methyl sites for hydroxylation is 1. The standard InChI is InChI=1S/C61H42/c1-3-15-43(16-4-1)55(44-17-5-2-6-18-44)39-41-27-29-46(30-28-41)59-51-21-8-10-23-53(51)60(54-24-11-9-22-52(54)59)47-33-31-42(32-34-47)48-35-36-50-49-20-12-14-26-57(49)61(58(50)40-48)38-37-45-19-7-13-25-56(45)61/h1-36,39-40H,37-38H2. The van der Waals surface area contributed by atoms with Gasteiger partial charge in [-0.1, -0.05) is 218 Å². The zero-order chi connectivity index (χ0) is 40.3. The lowest BCUT2D eigenvalue weighted by atomic mass is 9.73. The molecule has 286 valence electrons. The van der Waals surface area contributed by atoms with Crippen LogP contribution < -0.4 is 0 Å². The molecule has 0 nitrogen and oxygen atoms in total. The van der Waals surface area contributed by atoms with Gasteiger partial charge in [0.15, 0.2) is 0 Å². The summed E-state index contributed by atoms with van der Waals surface area (Å²) in [7, 11) is 0. The average molecular weight is 775 g/mol. The van der Waals surface area contributed by atoms with Crippen LogP contribution in [0.2, 0.25) is 0 Å². The highest BCUT2D eigenvalue weighted by atomic mass is 14.5. The van der Waals surface area contributed by atoms with Crippen LogP contribution in [0.4, 0.5) is 0 Å². The number of benzene rings is 10. The van der Waals surface area contributed by atoms with Crippen molar-refractivity contribution in [3.8, 4) is 44.5 Å². The molecule has 0 heterocycles. The smallest absolute Gasteiger partial charge is 0.0469 e. The molecule has 2 aliphatic carbocycles. The van der Waals surface area contributed by atoms with Gasteiger partial charge in [-0.25, -0.2) is 0 Å². The fourth-order valence-electron chi connectivity index (χ4n) is 10.8. The summed E-state index contributed by atoms with van der Waals surface area (Å²) >= 11 is 0. The zero-order valence-corrected chi connectivity index (χ0v) is 33.9. The summed E-state index contributed by atoms with van der Waals surface area (Å²) < 4.78 is 0. The predicted molar refractivity (Wildman–Crippen MR) is 258 cm³/mol. The third-order valence-corrected chi connectivity index (χ3v) is 13.5. The summed E-state index contributed by atoms with van der Waals surface area (Å²) in [5, 5.41) is 5.05. The van der Waals surface area contributed by atoms with E-state index in [4.69, 9.17) is 0 Å². The summed E-state index contributed by atoms with van der Waals surface area (Å²) in [6, 6.07) is 83.2. The van der Waals surface area contributed by atoms with Gasteiger partial charge in [0.2, 0.25) is 0 Å². The van der Waals surface area contributed by atoms with Crippen molar-refractivity contribution in [2.45, 2.75) is 18.3 Å². The van der Waals surface area contributed by atoms with Gasteiger partial charge in [0.05, 0.1) is 0 Å². The summed E-state index contributed by atoms with van der Waals surface area (Å²) in [6.45, 7) is 0. The lowest BCUT2D eigenvalue weighted by Crippen LogP contribution is -2.23. The summed E-state index contributed by atoms with van der Waals surface area (Å²) in [6.07, 6.45) is 4.53. The van der Waals surface area contributed by atoms with Crippen LogP contribution in [0.15, 0.2) is 224 Å². The van der Waals surface area contributed by atoms with Crippen LogP contribution in [-0.4, -0.2) is 0 Å². The fraction of sp³-hybridized carbons (Fsp3) is 0.0492. The van der Waals surface area contributed by atoms with Gasteiger partial charge < -0.3 is 0 Å². The maximum absolute atomic E-state index is 2.50. The molecule has 61 heavy (non-hydrogen) atoms. The highest BCUT2D eigenvalue weighted by Crippen LogP contribution is 2.58. The first-order valence-corrected chi connectivity index (χ1v) is 21.5. The van der Waals surface area contributed by atoms with Gasteiger partial charge in [-0.2, -0.15) is 0 Å². The second-order valence-electron chi connectivity index (χ2n) is 16.7. The first kappa shape index (κ1) is 35.4. The Morgan fingerprint density at radius 1 is 0.361 bits per heavy atom. The SMILES string of the molecule is C(=C(c1ccccc1)c1ccccc1)c1ccc(-c2c3ccccc3c(-c3ccc(-c4ccc5c(c4)C4(CCc6ccccc64)c4ccccc4-5)cc3)c3ccccc23)cc1. The molecule has 0 saturated carbocycles. The van der Waals surface area contributed by atoms with E-state index in [2.05, 4.69) is 231 Å². The van der Waals surface area contributed by atoms with Crippen molar-refractivity contribution in [2.75, 3.05) is 0 Å². The molecule has 12 rings (SSSR count). The van der Waals surface area contributed by atoms with E-state index in [9.17, 15) is 0 Å². The summed E-state index contributed by atoms with van der Waals surface area (Å²) in [5.74, 6) is 0. The zero-order valence-electron chi connectivity index (χ0n) is 33.9. The average Bonchev–Trinajstić information content (AvgIpc) is 3.86. The van der Waals surface area contributed by atoms with E-state index >= 15 is 0 Å². The topological polar surface area (TPSA) is 0 Å². The third-order valence-electron chi connectivity index (χ3n) is 13.5. The second-order valence-corrected chi connectivity index (χ2v) is 16.7. The molecule has 1 unspecified atom stereocenters. The van der Waals surface area contributed by atoms with Crippen molar-refractivity contribution in [1.82, 2.24) is 0 Å². The third kappa shape index (κ3) is 5.67. The minimum absolute atomic E-state index is 0.0949. The molecule has 0 radical (unpaired) electrons. The fourth-order valence-corrected chi connectivity index (χ4v) is 10.8. The largest absolute Gasteiger partial charge is 0.0622 e. The maximum Gasteiger partial charge on any atom is 0.0469 e. The van der Waals surface area contributed by atoms with Crippen LogP contribution >= 0.6 is 0 Å². The number of rotatable bonds is 6. The minimum atomic E-state index is -0.0949. The Hall–Kier alpha value is -7.54. The highest BCUT2D eigenvalue weighted by Gasteiger charge is 2.48. The predicted octanol–water partition coefficient (Wildman–Crippen LogP) is 15.8. The molecule has 1 atom stereocenters. The minimum Gasteiger partial charge on any atom is -0.0622 e. The first-order valence-electron chi connectivity index (χ1n) is 21.5. The Balaban J connectivity index is 0.939. The molecule has 0 bridgehead atoms. The lowest BCUT2D eigenvalue weighted by molar-refractivity contribution is 0.626. The molecule has 0 amide bonds. The molecule has 0 heteroatoms. The number of hydrogen-bond acceptors (Lipinski definition) is 0. The van der Waals surface area contributed by atoms with Crippen LogP contribution in [0.1, 0.15) is 45.4 Å². The lowest BCUT2D eigenvalue weighted by Gasteiger charge is -2.29. The molecule has 2 aliphatic rings. The normalized spacial score (nSPS) is 14.8. The molecule has 10 aromatic rings. The second kappa shape index (κ2) is 14.3. The van der Waals surface area contributed by atoms with E-state index in [0.29, 0.717) is 0 Å². The van der Waals surface area contributed by atoms with Crippen LogP contribution in [-0.2, 0) is 11.8 Å². The first-order chi connectivity index (χ1) is 30.2. The van der Waals surface area contributed by atoms with E-state index in [-0.39, 0.29) is 5.41 Å². The van der Waals surface area contributed by atoms with Gasteiger partial charge in [0.1, 0.15) is 0 Å². The molecule has 0 N–H and O–H groups in total. The van der Waals surface area contributed by atoms with Gasteiger partial charge in [-0.05, 0) is 136 Å². The summed E-state index contributed by atoms with van der Waals surface area (Å²) in [5.41, 5.74) is 20.8. The van der Waals surface area contributed by atoms with Gasteiger partial charge in [-0.15, -0.1) is 0 Å². The van der Waals surface area contributed by atoms with E-state index in [1.165, 1.54) is 111 Å². The van der Waals surface area contributed by atoms with Crippen molar-refractivity contribution in [3.63, 3.8) is 0 Å². The molecule has 0 aromatic heterocycles. The van der Waals surface area contributed by atoms with Crippen LogP contribution in [0.25, 0.3) is 77.7 Å².